The van der Waals surface area contributed by atoms with Crippen molar-refractivity contribution in [2.45, 2.75) is 0 Å². The number of thioether (sulfide) groups is 1. The van der Waals surface area contributed by atoms with Gasteiger partial charge in [-0.2, -0.15) is 0 Å². The van der Waals surface area contributed by atoms with Gasteiger partial charge in [-0.25, -0.2) is 0 Å². The Morgan fingerprint density at radius 1 is 1.40 bits per heavy atom. The highest BCUT2D eigenvalue weighted by atomic mass is 35.5. The predicted octanol–water partition coefficient (Wildman–Crippen LogP) is 3.63. The van der Waals surface area contributed by atoms with Gasteiger partial charge in [-0.1, -0.05) is 23.4 Å². The standard InChI is InChI=1S/C14H11ClN2OS2/c15-8-5-10(9-1-4-19-11(9)6-8)13-12(7-18)20-14-16-2-3-17(13)14/h1,4-6,18H,2-3,7H2. The number of rotatable bonds is 2. The molecule has 0 spiro atoms. The van der Waals surface area contributed by atoms with Crippen molar-refractivity contribution >= 4 is 55.7 Å². The van der Waals surface area contributed by atoms with Crippen LogP contribution < -0.4 is 0 Å². The topological polar surface area (TPSA) is 35.8 Å². The van der Waals surface area contributed by atoms with E-state index in [0.717, 1.165) is 39.4 Å². The van der Waals surface area contributed by atoms with E-state index < -0.39 is 0 Å². The fourth-order valence-electron chi connectivity index (χ4n) is 2.67. The first kappa shape index (κ1) is 12.7. The van der Waals surface area contributed by atoms with Crippen molar-refractivity contribution in [2.75, 3.05) is 19.7 Å². The summed E-state index contributed by atoms with van der Waals surface area (Å²) in [4.78, 5) is 7.63. The Hall–Kier alpha value is -1.01. The van der Waals surface area contributed by atoms with E-state index in [0.29, 0.717) is 0 Å². The number of benzene rings is 1. The van der Waals surface area contributed by atoms with Gasteiger partial charge in [-0.15, -0.1) is 11.3 Å². The molecule has 0 atom stereocenters. The van der Waals surface area contributed by atoms with Crippen molar-refractivity contribution < 1.29 is 5.11 Å². The second-order valence-corrected chi connectivity index (χ2v) is 7.08. The lowest BCUT2D eigenvalue weighted by atomic mass is 10.1. The molecule has 3 heterocycles. The van der Waals surface area contributed by atoms with Gasteiger partial charge in [0.1, 0.15) is 0 Å². The van der Waals surface area contributed by atoms with Crippen molar-refractivity contribution in [3.05, 3.63) is 39.1 Å². The summed E-state index contributed by atoms with van der Waals surface area (Å²) in [6.07, 6.45) is 0. The fraction of sp³-hybridized carbons (Fsp3) is 0.214. The third-order valence-corrected chi connectivity index (χ3v) is 5.67. The van der Waals surface area contributed by atoms with Crippen molar-refractivity contribution in [2.24, 2.45) is 4.99 Å². The van der Waals surface area contributed by atoms with E-state index in [1.54, 1.807) is 23.1 Å². The summed E-state index contributed by atoms with van der Waals surface area (Å²) in [5, 5.41) is 14.6. The average Bonchev–Trinajstić information content (AvgIpc) is 3.11. The molecular weight excluding hydrogens is 312 g/mol. The van der Waals surface area contributed by atoms with Crippen LogP contribution in [0.5, 0.6) is 0 Å². The summed E-state index contributed by atoms with van der Waals surface area (Å²) in [6, 6.07) is 6.10. The van der Waals surface area contributed by atoms with Crippen LogP contribution >= 0.6 is 34.7 Å². The maximum atomic E-state index is 9.65. The molecule has 1 aromatic heterocycles. The molecule has 4 rings (SSSR count). The minimum atomic E-state index is 0.0354. The molecule has 1 N–H and O–H groups in total. The molecule has 1 aromatic carbocycles. The second kappa shape index (κ2) is 4.77. The summed E-state index contributed by atoms with van der Waals surface area (Å²) in [6.45, 7) is 1.73. The van der Waals surface area contributed by atoms with Crippen molar-refractivity contribution in [1.29, 1.82) is 0 Å². The van der Waals surface area contributed by atoms with Crippen LogP contribution in [-0.2, 0) is 0 Å². The van der Waals surface area contributed by atoms with Gasteiger partial charge in [0.15, 0.2) is 5.17 Å². The second-order valence-electron chi connectivity index (χ2n) is 4.63. The molecule has 0 fully saturated rings. The van der Waals surface area contributed by atoms with Gasteiger partial charge >= 0.3 is 0 Å². The van der Waals surface area contributed by atoms with E-state index in [1.165, 1.54) is 10.1 Å². The number of halogens is 1. The van der Waals surface area contributed by atoms with E-state index >= 15 is 0 Å². The average molecular weight is 323 g/mol. The van der Waals surface area contributed by atoms with Gasteiger partial charge in [0, 0.05) is 32.1 Å². The Kier molecular flexibility index (Phi) is 3.03. The zero-order valence-electron chi connectivity index (χ0n) is 10.5. The van der Waals surface area contributed by atoms with Crippen molar-refractivity contribution in [3.8, 4) is 0 Å². The first-order chi connectivity index (χ1) is 9.78. The van der Waals surface area contributed by atoms with Crippen LogP contribution in [0.1, 0.15) is 5.56 Å². The molecule has 20 heavy (non-hydrogen) atoms. The van der Waals surface area contributed by atoms with Crippen LogP contribution in [0.25, 0.3) is 15.8 Å². The molecule has 2 aliphatic heterocycles. The number of aliphatic imine (C=N–C) groups is 1. The molecule has 0 aliphatic carbocycles. The van der Waals surface area contributed by atoms with Crippen LogP contribution in [0.3, 0.4) is 0 Å². The number of aliphatic hydroxyl groups excluding tert-OH is 1. The van der Waals surface area contributed by atoms with E-state index in [4.69, 9.17) is 11.6 Å². The lowest BCUT2D eigenvalue weighted by Crippen LogP contribution is -2.20. The number of fused-ring (bicyclic) bond motifs is 2. The number of hydrogen-bond donors (Lipinski definition) is 1. The van der Waals surface area contributed by atoms with Gasteiger partial charge in [-0.3, -0.25) is 4.99 Å². The molecule has 3 nitrogen and oxygen atoms in total. The van der Waals surface area contributed by atoms with Crippen LogP contribution in [0, 0.1) is 0 Å². The predicted molar refractivity (Wildman–Crippen MR) is 87.4 cm³/mol. The summed E-state index contributed by atoms with van der Waals surface area (Å²) in [5.74, 6) is 0. The summed E-state index contributed by atoms with van der Waals surface area (Å²) >= 11 is 9.51. The van der Waals surface area contributed by atoms with Crippen LogP contribution in [0.4, 0.5) is 0 Å². The van der Waals surface area contributed by atoms with E-state index in [-0.39, 0.29) is 6.61 Å². The zero-order valence-corrected chi connectivity index (χ0v) is 12.9. The van der Waals surface area contributed by atoms with E-state index in [1.807, 2.05) is 12.1 Å². The third kappa shape index (κ3) is 1.81. The fourth-order valence-corrected chi connectivity index (χ4v) is 4.85. The molecule has 0 saturated heterocycles. The zero-order chi connectivity index (χ0) is 13.7. The van der Waals surface area contributed by atoms with Gasteiger partial charge in [0.2, 0.25) is 0 Å². The normalized spacial score (nSPS) is 18.1. The highest BCUT2D eigenvalue weighted by Crippen LogP contribution is 2.44. The number of aliphatic hydroxyl groups is 1. The van der Waals surface area contributed by atoms with Gasteiger partial charge in [-0.05, 0) is 23.6 Å². The van der Waals surface area contributed by atoms with Crippen LogP contribution in [0.2, 0.25) is 5.02 Å². The Morgan fingerprint density at radius 3 is 3.15 bits per heavy atom. The Labute approximate surface area is 129 Å². The molecule has 0 amide bonds. The molecular formula is C14H11ClN2OS2. The maximum Gasteiger partial charge on any atom is 0.168 e. The lowest BCUT2D eigenvalue weighted by molar-refractivity contribution is 0.339. The molecule has 2 aliphatic rings. The number of hydrogen-bond acceptors (Lipinski definition) is 5. The molecule has 0 radical (unpaired) electrons. The first-order valence-electron chi connectivity index (χ1n) is 6.29. The number of nitrogens with zero attached hydrogens (tertiary/aromatic N) is 2. The monoisotopic (exact) mass is 322 g/mol. The summed E-state index contributed by atoms with van der Waals surface area (Å²) < 4.78 is 1.17. The first-order valence-corrected chi connectivity index (χ1v) is 8.36. The molecule has 102 valence electrons. The SMILES string of the molecule is OCC1=C(c2cc(Cl)cc3sccc23)N2CCN=C2S1. The van der Waals surface area contributed by atoms with Gasteiger partial charge < -0.3 is 10.0 Å². The number of amidine groups is 1. The highest BCUT2D eigenvalue weighted by Gasteiger charge is 2.33. The van der Waals surface area contributed by atoms with Gasteiger partial charge in [0.05, 0.1) is 18.8 Å². The van der Waals surface area contributed by atoms with Crippen molar-refractivity contribution in [1.82, 2.24) is 4.90 Å². The molecule has 0 bridgehead atoms. The molecule has 2 aromatic rings. The Bertz CT molecular complexity index is 766. The van der Waals surface area contributed by atoms with Crippen molar-refractivity contribution in [3.63, 3.8) is 0 Å². The van der Waals surface area contributed by atoms with E-state index in [2.05, 4.69) is 21.3 Å². The third-order valence-electron chi connectivity index (χ3n) is 3.49. The summed E-state index contributed by atoms with van der Waals surface area (Å²) in [7, 11) is 0. The maximum absolute atomic E-state index is 9.65. The van der Waals surface area contributed by atoms with Crippen LogP contribution in [0.15, 0.2) is 33.5 Å². The molecule has 0 unspecified atom stereocenters. The largest absolute Gasteiger partial charge is 0.391 e. The molecule has 0 saturated carbocycles. The number of thiophene rings is 1. The van der Waals surface area contributed by atoms with E-state index in [9.17, 15) is 5.11 Å². The minimum Gasteiger partial charge on any atom is -0.391 e. The van der Waals surface area contributed by atoms with Gasteiger partial charge in [0.25, 0.3) is 0 Å². The minimum absolute atomic E-state index is 0.0354. The lowest BCUT2D eigenvalue weighted by Gasteiger charge is -2.18. The molecule has 6 heteroatoms. The Balaban J connectivity index is 1.97. The highest BCUT2D eigenvalue weighted by molar-refractivity contribution is 8.17. The quantitative estimate of drug-likeness (QED) is 0.917. The smallest absolute Gasteiger partial charge is 0.168 e. The van der Waals surface area contributed by atoms with Crippen LogP contribution in [-0.4, -0.2) is 34.9 Å². The Morgan fingerprint density at radius 2 is 2.30 bits per heavy atom. The summed E-state index contributed by atoms with van der Waals surface area (Å²) in [5.41, 5.74) is 2.16.